The van der Waals surface area contributed by atoms with Crippen molar-refractivity contribution in [2.75, 3.05) is 5.01 Å². The Bertz CT molecular complexity index is 785. The number of carbonyl (C=O) groups is 2. The van der Waals surface area contributed by atoms with Crippen LogP contribution in [0, 0.1) is 6.92 Å². The van der Waals surface area contributed by atoms with Crippen molar-refractivity contribution in [3.05, 3.63) is 70.3 Å². The third-order valence-electron chi connectivity index (χ3n) is 3.42. The summed E-state index contributed by atoms with van der Waals surface area (Å²) >= 11 is 6.08. The van der Waals surface area contributed by atoms with E-state index in [1.54, 1.807) is 24.3 Å². The van der Waals surface area contributed by atoms with Crippen molar-refractivity contribution in [3.63, 3.8) is 0 Å². The maximum atomic E-state index is 12.4. The predicted octanol–water partition coefficient (Wildman–Crippen LogP) is 3.11. The van der Waals surface area contributed by atoms with E-state index in [1.807, 2.05) is 37.3 Å². The van der Waals surface area contributed by atoms with Crippen LogP contribution in [0.1, 0.15) is 11.1 Å². The summed E-state index contributed by atoms with van der Waals surface area (Å²) in [7, 11) is 0. The van der Waals surface area contributed by atoms with Crippen LogP contribution in [-0.2, 0) is 9.59 Å². The number of hydrazine groups is 1. The lowest BCUT2D eigenvalue weighted by atomic mass is 10.1. The van der Waals surface area contributed by atoms with Crippen LogP contribution >= 0.6 is 11.6 Å². The smallest absolute Gasteiger partial charge is 0.267 e. The topological polar surface area (TPSA) is 49.4 Å². The lowest BCUT2D eigenvalue weighted by Gasteiger charge is -2.15. The van der Waals surface area contributed by atoms with Gasteiger partial charge < -0.3 is 0 Å². The predicted molar refractivity (Wildman–Crippen MR) is 86.2 cm³/mol. The molecule has 0 saturated carbocycles. The number of anilines is 1. The summed E-state index contributed by atoms with van der Waals surface area (Å²) in [6.07, 6.45) is 1.58. The van der Waals surface area contributed by atoms with Gasteiger partial charge >= 0.3 is 0 Å². The largest absolute Gasteiger partial charge is 0.282 e. The standard InChI is InChI=1S/C17H13ClN2O2/c1-11-7-8-13(10-15(11)18)20-17(22)14(16(21)19-20)9-12-5-3-2-4-6-12/h2-10H,1H3,(H,19,21)/b14-9-. The highest BCUT2D eigenvalue weighted by molar-refractivity contribution is 6.33. The van der Waals surface area contributed by atoms with Gasteiger partial charge in [0.1, 0.15) is 5.57 Å². The highest BCUT2D eigenvalue weighted by atomic mass is 35.5. The van der Waals surface area contributed by atoms with Crippen LogP contribution in [0.3, 0.4) is 0 Å². The molecule has 1 aliphatic rings. The molecule has 2 amide bonds. The van der Waals surface area contributed by atoms with Gasteiger partial charge in [0.15, 0.2) is 0 Å². The van der Waals surface area contributed by atoms with Gasteiger partial charge in [-0.15, -0.1) is 0 Å². The molecular formula is C17H13ClN2O2. The number of nitrogens with one attached hydrogen (secondary N) is 1. The molecule has 0 atom stereocenters. The van der Waals surface area contributed by atoms with Crippen LogP contribution in [0.2, 0.25) is 5.02 Å². The minimum absolute atomic E-state index is 0.0999. The first kappa shape index (κ1) is 14.4. The number of hydrogen-bond donors (Lipinski definition) is 1. The highest BCUT2D eigenvalue weighted by Crippen LogP contribution is 2.26. The summed E-state index contributed by atoms with van der Waals surface area (Å²) in [4.78, 5) is 24.5. The molecule has 0 aliphatic carbocycles. The van der Waals surface area contributed by atoms with Gasteiger partial charge in [-0.1, -0.05) is 48.0 Å². The van der Waals surface area contributed by atoms with E-state index < -0.39 is 11.8 Å². The van der Waals surface area contributed by atoms with Crippen LogP contribution in [0.15, 0.2) is 54.1 Å². The minimum atomic E-state index is -0.425. The number of carbonyl (C=O) groups excluding carboxylic acids is 2. The SMILES string of the molecule is Cc1ccc(N2NC(=O)/C(=C/c3ccccc3)C2=O)cc1Cl. The van der Waals surface area contributed by atoms with E-state index in [-0.39, 0.29) is 5.57 Å². The molecule has 0 bridgehead atoms. The molecule has 3 rings (SSSR count). The lowest BCUT2D eigenvalue weighted by Crippen LogP contribution is -2.35. The normalized spacial score (nSPS) is 16.3. The average molecular weight is 313 g/mol. The maximum Gasteiger partial charge on any atom is 0.282 e. The van der Waals surface area contributed by atoms with Crippen LogP contribution in [0.4, 0.5) is 5.69 Å². The summed E-state index contributed by atoms with van der Waals surface area (Å²) < 4.78 is 0. The minimum Gasteiger partial charge on any atom is -0.267 e. The second-order valence-corrected chi connectivity index (χ2v) is 5.39. The fourth-order valence-electron chi connectivity index (χ4n) is 2.18. The Kier molecular flexibility index (Phi) is 3.69. The summed E-state index contributed by atoms with van der Waals surface area (Å²) in [6, 6.07) is 14.4. The van der Waals surface area contributed by atoms with E-state index in [4.69, 9.17) is 11.6 Å². The molecule has 0 unspecified atom stereocenters. The average Bonchev–Trinajstić information content (AvgIpc) is 2.79. The molecule has 1 aliphatic heterocycles. The molecule has 1 fully saturated rings. The first-order valence-electron chi connectivity index (χ1n) is 6.74. The monoisotopic (exact) mass is 312 g/mol. The van der Waals surface area contributed by atoms with Crippen molar-refractivity contribution >= 4 is 35.2 Å². The molecule has 0 aromatic heterocycles. The van der Waals surface area contributed by atoms with E-state index in [9.17, 15) is 9.59 Å². The summed E-state index contributed by atoms with van der Waals surface area (Å²) in [5, 5.41) is 1.75. The molecule has 0 radical (unpaired) electrons. The number of nitrogens with zero attached hydrogens (tertiary/aromatic N) is 1. The Morgan fingerprint density at radius 2 is 1.82 bits per heavy atom. The third kappa shape index (κ3) is 2.61. The summed E-state index contributed by atoms with van der Waals surface area (Å²) in [5.41, 5.74) is 4.89. The van der Waals surface area contributed by atoms with Gasteiger partial charge in [-0.25, -0.2) is 5.01 Å². The van der Waals surface area contributed by atoms with Gasteiger partial charge in [-0.2, -0.15) is 0 Å². The quantitative estimate of drug-likeness (QED) is 0.684. The van der Waals surface area contributed by atoms with Crippen LogP contribution < -0.4 is 10.4 Å². The number of amides is 2. The number of halogens is 1. The zero-order chi connectivity index (χ0) is 15.7. The second-order valence-electron chi connectivity index (χ2n) is 4.98. The Morgan fingerprint density at radius 1 is 1.09 bits per heavy atom. The van der Waals surface area contributed by atoms with Crippen molar-refractivity contribution in [1.82, 2.24) is 5.43 Å². The molecule has 0 spiro atoms. The molecule has 1 saturated heterocycles. The van der Waals surface area contributed by atoms with E-state index >= 15 is 0 Å². The van der Waals surface area contributed by atoms with Crippen LogP contribution in [0.5, 0.6) is 0 Å². The Morgan fingerprint density at radius 3 is 2.50 bits per heavy atom. The molecule has 4 nitrogen and oxygen atoms in total. The molecule has 22 heavy (non-hydrogen) atoms. The van der Waals surface area contributed by atoms with Crippen molar-refractivity contribution in [2.24, 2.45) is 0 Å². The summed E-state index contributed by atoms with van der Waals surface area (Å²) in [6.45, 7) is 1.87. The molecule has 2 aromatic rings. The number of aryl methyl sites for hydroxylation is 1. The highest BCUT2D eigenvalue weighted by Gasteiger charge is 2.34. The molecule has 1 N–H and O–H groups in total. The lowest BCUT2D eigenvalue weighted by molar-refractivity contribution is -0.117. The molecule has 5 heteroatoms. The Balaban J connectivity index is 1.94. The van der Waals surface area contributed by atoms with Crippen LogP contribution in [0.25, 0.3) is 6.08 Å². The zero-order valence-corrected chi connectivity index (χ0v) is 12.6. The Hall–Kier alpha value is -2.59. The van der Waals surface area contributed by atoms with Gasteiger partial charge in [-0.3, -0.25) is 15.0 Å². The van der Waals surface area contributed by atoms with Gasteiger partial charge in [0.2, 0.25) is 0 Å². The number of hydrogen-bond acceptors (Lipinski definition) is 2. The second kappa shape index (κ2) is 5.66. The van der Waals surface area contributed by atoms with Gasteiger partial charge in [-0.05, 0) is 36.3 Å². The van der Waals surface area contributed by atoms with E-state index in [2.05, 4.69) is 5.43 Å². The van der Waals surface area contributed by atoms with E-state index in [1.165, 1.54) is 5.01 Å². The molecular weight excluding hydrogens is 300 g/mol. The van der Waals surface area contributed by atoms with Gasteiger partial charge in [0, 0.05) is 5.02 Å². The third-order valence-corrected chi connectivity index (χ3v) is 3.82. The van der Waals surface area contributed by atoms with Gasteiger partial charge in [0.25, 0.3) is 11.8 Å². The van der Waals surface area contributed by atoms with Crippen LogP contribution in [-0.4, -0.2) is 11.8 Å². The molecule has 2 aromatic carbocycles. The van der Waals surface area contributed by atoms with Crippen molar-refractivity contribution in [2.45, 2.75) is 6.92 Å². The molecule has 110 valence electrons. The first-order chi connectivity index (χ1) is 10.6. The van der Waals surface area contributed by atoms with Gasteiger partial charge in [0.05, 0.1) is 5.69 Å². The fourth-order valence-corrected chi connectivity index (χ4v) is 2.35. The van der Waals surface area contributed by atoms with Crippen molar-refractivity contribution in [1.29, 1.82) is 0 Å². The first-order valence-corrected chi connectivity index (χ1v) is 7.12. The fraction of sp³-hybridized carbons (Fsp3) is 0.0588. The number of rotatable bonds is 2. The molecule has 1 heterocycles. The maximum absolute atomic E-state index is 12.4. The zero-order valence-electron chi connectivity index (χ0n) is 11.8. The summed E-state index contributed by atoms with van der Waals surface area (Å²) in [5.74, 6) is -0.820. The Labute approximate surface area is 133 Å². The van der Waals surface area contributed by atoms with Crippen molar-refractivity contribution < 1.29 is 9.59 Å². The van der Waals surface area contributed by atoms with E-state index in [0.717, 1.165) is 11.1 Å². The number of benzene rings is 2. The van der Waals surface area contributed by atoms with Crippen molar-refractivity contribution in [3.8, 4) is 0 Å². The van der Waals surface area contributed by atoms with E-state index in [0.29, 0.717) is 10.7 Å².